The van der Waals surface area contributed by atoms with Crippen LogP contribution in [0.15, 0.2) is 72.8 Å². The molecule has 0 amide bonds. The van der Waals surface area contributed by atoms with Gasteiger partial charge in [-0.3, -0.25) is 0 Å². The summed E-state index contributed by atoms with van der Waals surface area (Å²) in [6.07, 6.45) is -0.695. The zero-order valence-corrected chi connectivity index (χ0v) is 19.0. The third-order valence-electron chi connectivity index (χ3n) is 5.30. The van der Waals surface area contributed by atoms with E-state index >= 15 is 0 Å². The van der Waals surface area contributed by atoms with Crippen molar-refractivity contribution in [2.45, 2.75) is 20.0 Å². The lowest BCUT2D eigenvalue weighted by Crippen LogP contribution is -2.36. The Labute approximate surface area is 193 Å². The second-order valence-electron chi connectivity index (χ2n) is 7.67. The number of aryl methyl sites for hydroxylation is 1. The number of fused-ring (bicyclic) bond motifs is 1. The zero-order chi connectivity index (χ0) is 22.5. The molecule has 0 aliphatic rings. The number of hydrogen-bond acceptors (Lipinski definition) is 5. The first kappa shape index (κ1) is 22.1. The van der Waals surface area contributed by atoms with E-state index in [4.69, 9.17) is 26.3 Å². The summed E-state index contributed by atoms with van der Waals surface area (Å²) >= 11 is 6.08. The van der Waals surface area contributed by atoms with Gasteiger partial charge in [0, 0.05) is 29.1 Å². The van der Waals surface area contributed by atoms with Crippen LogP contribution in [0.2, 0.25) is 5.02 Å². The first-order valence-corrected chi connectivity index (χ1v) is 11.1. The van der Waals surface area contributed by atoms with Crippen LogP contribution in [-0.2, 0) is 0 Å². The first-order valence-electron chi connectivity index (χ1n) is 10.7. The lowest BCUT2D eigenvalue weighted by atomic mass is 10.1. The number of para-hydroxylation sites is 1. The Hall–Kier alpha value is -3.15. The fraction of sp³-hybridized carbons (Fsp3) is 0.231. The third-order valence-corrected chi connectivity index (χ3v) is 5.72. The molecule has 1 unspecified atom stereocenters. The summed E-state index contributed by atoms with van der Waals surface area (Å²) in [4.78, 5) is 11.7. The zero-order valence-electron chi connectivity index (χ0n) is 18.2. The van der Waals surface area contributed by atoms with E-state index in [1.165, 1.54) is 0 Å². The molecule has 0 spiro atoms. The van der Waals surface area contributed by atoms with Gasteiger partial charge in [0.25, 0.3) is 0 Å². The molecule has 0 saturated carbocycles. The molecule has 4 rings (SSSR count). The van der Waals surface area contributed by atoms with Gasteiger partial charge in [-0.2, -0.15) is 0 Å². The predicted octanol–water partition coefficient (Wildman–Crippen LogP) is 5.52. The molecule has 0 fully saturated rings. The van der Waals surface area contributed by atoms with Crippen LogP contribution in [0.1, 0.15) is 12.5 Å². The minimum Gasteiger partial charge on any atom is -0.491 e. The second-order valence-corrected chi connectivity index (χ2v) is 8.08. The van der Waals surface area contributed by atoms with E-state index in [0.717, 1.165) is 27.8 Å². The number of rotatable bonds is 8. The molecule has 0 bridgehead atoms. The molecule has 0 aliphatic carbocycles. The molecule has 1 N–H and O–H groups in total. The lowest BCUT2D eigenvalue weighted by Gasteiger charge is -2.26. The van der Waals surface area contributed by atoms with Gasteiger partial charge >= 0.3 is 0 Å². The smallest absolute Gasteiger partial charge is 0.162 e. The Balaban J connectivity index is 1.57. The molecular formula is C26H26ClN3O2. The van der Waals surface area contributed by atoms with Crippen molar-refractivity contribution < 1.29 is 9.84 Å². The minimum absolute atomic E-state index is 0.173. The van der Waals surface area contributed by atoms with E-state index in [-0.39, 0.29) is 6.61 Å². The fourth-order valence-electron chi connectivity index (χ4n) is 3.59. The second kappa shape index (κ2) is 9.98. The van der Waals surface area contributed by atoms with Crippen molar-refractivity contribution in [1.29, 1.82) is 0 Å². The summed E-state index contributed by atoms with van der Waals surface area (Å²) in [6, 6.07) is 23.4. The van der Waals surface area contributed by atoms with Crippen LogP contribution in [0, 0.1) is 6.92 Å². The van der Waals surface area contributed by atoms with Gasteiger partial charge in [-0.1, -0.05) is 54.1 Å². The molecule has 3 aromatic carbocycles. The number of aromatic nitrogens is 2. The van der Waals surface area contributed by atoms with Crippen molar-refractivity contribution in [3.63, 3.8) is 0 Å². The molecule has 5 nitrogen and oxygen atoms in total. The van der Waals surface area contributed by atoms with Crippen molar-refractivity contribution in [3.8, 4) is 17.1 Å². The van der Waals surface area contributed by atoms with E-state index in [1.54, 1.807) is 6.07 Å². The van der Waals surface area contributed by atoms with Crippen LogP contribution in [0.5, 0.6) is 5.75 Å². The van der Waals surface area contributed by atoms with Gasteiger partial charge in [0.1, 0.15) is 24.3 Å². The van der Waals surface area contributed by atoms with Crippen LogP contribution in [0.25, 0.3) is 22.3 Å². The van der Waals surface area contributed by atoms with E-state index in [2.05, 4.69) is 11.8 Å². The van der Waals surface area contributed by atoms with Crippen LogP contribution >= 0.6 is 11.6 Å². The van der Waals surface area contributed by atoms with Crippen molar-refractivity contribution in [1.82, 2.24) is 9.97 Å². The topological polar surface area (TPSA) is 58.5 Å². The summed E-state index contributed by atoms with van der Waals surface area (Å²) in [5.41, 5.74) is 2.77. The van der Waals surface area contributed by atoms with Gasteiger partial charge < -0.3 is 14.7 Å². The van der Waals surface area contributed by atoms with Gasteiger partial charge in [0.15, 0.2) is 5.82 Å². The number of likely N-dealkylation sites (N-methyl/N-ethyl adjacent to an activating group) is 1. The number of aliphatic hydroxyl groups excluding tert-OH is 1. The number of benzene rings is 3. The van der Waals surface area contributed by atoms with E-state index in [0.29, 0.717) is 29.7 Å². The van der Waals surface area contributed by atoms with E-state index < -0.39 is 6.10 Å². The first-order chi connectivity index (χ1) is 15.5. The van der Waals surface area contributed by atoms with Gasteiger partial charge in [-0.05, 0) is 49.7 Å². The Morgan fingerprint density at radius 2 is 1.75 bits per heavy atom. The SMILES string of the molecule is CCN(CC(O)COc1ccc(Cl)c(C)c1)c1nc(-c2ccccc2)nc2ccccc12. The molecule has 1 atom stereocenters. The largest absolute Gasteiger partial charge is 0.491 e. The molecule has 4 aromatic rings. The highest BCUT2D eigenvalue weighted by molar-refractivity contribution is 6.31. The molecular weight excluding hydrogens is 422 g/mol. The molecule has 164 valence electrons. The maximum Gasteiger partial charge on any atom is 0.162 e. The quantitative estimate of drug-likeness (QED) is 0.385. The Bertz CT molecular complexity index is 1200. The molecule has 1 aromatic heterocycles. The number of anilines is 1. The van der Waals surface area contributed by atoms with Crippen molar-refractivity contribution >= 4 is 28.3 Å². The highest BCUT2D eigenvalue weighted by Crippen LogP contribution is 2.28. The van der Waals surface area contributed by atoms with Gasteiger partial charge in [0.05, 0.1) is 5.52 Å². The third kappa shape index (κ3) is 5.01. The van der Waals surface area contributed by atoms with Crippen LogP contribution in [-0.4, -0.2) is 40.9 Å². The van der Waals surface area contributed by atoms with Gasteiger partial charge in [-0.15, -0.1) is 0 Å². The molecule has 0 aliphatic heterocycles. The standard InChI is InChI=1S/C26H26ClN3O2/c1-3-30(16-20(31)17-32-21-13-14-23(27)18(2)15-21)26-22-11-7-8-12-24(22)28-25(29-26)19-9-5-4-6-10-19/h4-15,20,31H,3,16-17H2,1-2H3. The number of hydrogen-bond donors (Lipinski definition) is 1. The van der Waals surface area contributed by atoms with E-state index in [1.807, 2.05) is 73.7 Å². The van der Waals surface area contributed by atoms with Crippen LogP contribution in [0.4, 0.5) is 5.82 Å². The summed E-state index contributed by atoms with van der Waals surface area (Å²) < 4.78 is 5.80. The van der Waals surface area contributed by atoms with Crippen molar-refractivity contribution in [2.24, 2.45) is 0 Å². The van der Waals surface area contributed by atoms with Gasteiger partial charge in [-0.25, -0.2) is 9.97 Å². The summed E-state index contributed by atoms with van der Waals surface area (Å²) in [7, 11) is 0. The van der Waals surface area contributed by atoms with E-state index in [9.17, 15) is 5.11 Å². The monoisotopic (exact) mass is 447 g/mol. The summed E-state index contributed by atoms with van der Waals surface area (Å²) in [5.74, 6) is 2.16. The summed E-state index contributed by atoms with van der Waals surface area (Å²) in [5, 5.41) is 12.4. The molecule has 32 heavy (non-hydrogen) atoms. The molecule has 0 radical (unpaired) electrons. The Kier molecular flexibility index (Phi) is 6.88. The average molecular weight is 448 g/mol. The molecule has 0 saturated heterocycles. The normalized spacial score (nSPS) is 12.0. The number of nitrogens with zero attached hydrogens (tertiary/aromatic N) is 3. The molecule has 1 heterocycles. The fourth-order valence-corrected chi connectivity index (χ4v) is 3.71. The molecule has 6 heteroatoms. The number of halogens is 1. The highest BCUT2D eigenvalue weighted by Gasteiger charge is 2.18. The van der Waals surface area contributed by atoms with Crippen LogP contribution in [0.3, 0.4) is 0 Å². The van der Waals surface area contributed by atoms with Gasteiger partial charge in [0.2, 0.25) is 0 Å². The van der Waals surface area contributed by atoms with Crippen molar-refractivity contribution in [3.05, 3.63) is 83.4 Å². The number of aliphatic hydroxyl groups is 1. The Morgan fingerprint density at radius 1 is 1.00 bits per heavy atom. The van der Waals surface area contributed by atoms with Crippen molar-refractivity contribution in [2.75, 3.05) is 24.6 Å². The Morgan fingerprint density at radius 3 is 2.50 bits per heavy atom. The highest BCUT2D eigenvalue weighted by atomic mass is 35.5. The maximum absolute atomic E-state index is 10.7. The van der Waals surface area contributed by atoms with Crippen LogP contribution < -0.4 is 9.64 Å². The average Bonchev–Trinajstić information content (AvgIpc) is 2.83. The minimum atomic E-state index is -0.695. The number of ether oxygens (including phenoxy) is 1. The lowest BCUT2D eigenvalue weighted by molar-refractivity contribution is 0.112. The predicted molar refractivity (Wildman–Crippen MR) is 131 cm³/mol. The maximum atomic E-state index is 10.7. The summed E-state index contributed by atoms with van der Waals surface area (Å²) in [6.45, 7) is 5.22.